The first-order valence-electron chi connectivity index (χ1n) is 8.17. The summed E-state index contributed by atoms with van der Waals surface area (Å²) in [5, 5.41) is 0.645. The average Bonchev–Trinajstić information content (AvgIpc) is 2.45. The van der Waals surface area contributed by atoms with Crippen LogP contribution in [0.3, 0.4) is 0 Å². The van der Waals surface area contributed by atoms with Crippen LogP contribution >= 0.6 is 12.2 Å². The van der Waals surface area contributed by atoms with Crippen LogP contribution in [0, 0.1) is 0 Å². The molecule has 0 saturated carbocycles. The normalized spacial score (nSPS) is 13.2. The summed E-state index contributed by atoms with van der Waals surface area (Å²) in [6.07, 6.45) is 3.66. The van der Waals surface area contributed by atoms with Gasteiger partial charge in [0.1, 0.15) is 0 Å². The minimum absolute atomic E-state index is 0.173. The zero-order chi connectivity index (χ0) is 16.1. The zero-order valence-corrected chi connectivity index (χ0v) is 16.1. The SMILES string of the molecule is CCCOC(=S)CC(CCC)[Si](OCC)(OCC)OCC. The van der Waals surface area contributed by atoms with Gasteiger partial charge in [-0.15, -0.1) is 0 Å². The number of hydrogen-bond donors (Lipinski definition) is 0. The van der Waals surface area contributed by atoms with Crippen LogP contribution < -0.4 is 0 Å². The molecule has 0 aromatic carbocycles. The van der Waals surface area contributed by atoms with Gasteiger partial charge in [0.05, 0.1) is 6.61 Å². The maximum absolute atomic E-state index is 6.01. The lowest BCUT2D eigenvalue weighted by Gasteiger charge is -2.35. The quantitative estimate of drug-likeness (QED) is 0.369. The maximum atomic E-state index is 6.01. The molecule has 0 aliphatic rings. The Balaban J connectivity index is 5.04. The van der Waals surface area contributed by atoms with Gasteiger partial charge in [0.25, 0.3) is 0 Å². The van der Waals surface area contributed by atoms with E-state index in [4.69, 9.17) is 30.2 Å². The fourth-order valence-corrected chi connectivity index (χ4v) is 5.98. The van der Waals surface area contributed by atoms with Crippen molar-refractivity contribution in [3.63, 3.8) is 0 Å². The van der Waals surface area contributed by atoms with Gasteiger partial charge in [-0.3, -0.25) is 0 Å². The summed E-state index contributed by atoms with van der Waals surface area (Å²) in [4.78, 5) is 0. The van der Waals surface area contributed by atoms with Gasteiger partial charge in [-0.05, 0) is 45.8 Å². The van der Waals surface area contributed by atoms with Crippen LogP contribution in [-0.4, -0.2) is 40.3 Å². The van der Waals surface area contributed by atoms with Crippen molar-refractivity contribution in [2.45, 2.75) is 65.8 Å². The third kappa shape index (κ3) is 7.70. The average molecular weight is 337 g/mol. The highest BCUT2D eigenvalue weighted by atomic mass is 32.1. The van der Waals surface area contributed by atoms with Crippen molar-refractivity contribution in [3.05, 3.63) is 0 Å². The highest BCUT2D eigenvalue weighted by molar-refractivity contribution is 7.80. The van der Waals surface area contributed by atoms with E-state index in [1.54, 1.807) is 0 Å². The molecule has 21 heavy (non-hydrogen) atoms. The molecule has 0 aliphatic heterocycles. The van der Waals surface area contributed by atoms with Gasteiger partial charge < -0.3 is 18.0 Å². The largest absolute Gasteiger partial charge is 0.504 e. The monoisotopic (exact) mass is 336 g/mol. The van der Waals surface area contributed by atoms with Gasteiger partial charge in [0.2, 0.25) is 0 Å². The zero-order valence-electron chi connectivity index (χ0n) is 14.3. The molecular formula is C15H32O4SSi. The van der Waals surface area contributed by atoms with Crippen molar-refractivity contribution in [1.29, 1.82) is 0 Å². The van der Waals surface area contributed by atoms with E-state index >= 15 is 0 Å². The fraction of sp³-hybridized carbons (Fsp3) is 0.933. The van der Waals surface area contributed by atoms with Crippen molar-refractivity contribution in [3.8, 4) is 0 Å². The Hall–Kier alpha value is -0.0131. The molecule has 0 aliphatic carbocycles. The van der Waals surface area contributed by atoms with Crippen LogP contribution in [0.4, 0.5) is 0 Å². The minimum atomic E-state index is -2.72. The molecule has 0 aromatic rings. The second-order valence-corrected chi connectivity index (χ2v) is 8.16. The smallest absolute Gasteiger partial charge is 0.487 e. The number of rotatable bonds is 13. The van der Waals surface area contributed by atoms with E-state index in [0.29, 0.717) is 37.9 Å². The van der Waals surface area contributed by atoms with Crippen molar-refractivity contribution in [1.82, 2.24) is 0 Å². The first-order chi connectivity index (χ1) is 10.1. The van der Waals surface area contributed by atoms with E-state index in [2.05, 4.69) is 13.8 Å². The lowest BCUT2D eigenvalue weighted by Crippen LogP contribution is -2.51. The van der Waals surface area contributed by atoms with Gasteiger partial charge in [0, 0.05) is 31.8 Å². The van der Waals surface area contributed by atoms with Crippen LogP contribution in [0.2, 0.25) is 5.54 Å². The second kappa shape index (κ2) is 12.5. The number of ether oxygens (including phenoxy) is 1. The predicted octanol–water partition coefficient (Wildman–Crippen LogP) is 4.35. The molecule has 0 radical (unpaired) electrons. The summed E-state index contributed by atoms with van der Waals surface area (Å²) in [6.45, 7) is 12.6. The molecule has 4 nitrogen and oxygen atoms in total. The van der Waals surface area contributed by atoms with E-state index in [0.717, 1.165) is 19.3 Å². The lowest BCUT2D eigenvalue weighted by atomic mass is 10.2. The molecule has 6 heteroatoms. The lowest BCUT2D eigenvalue weighted by molar-refractivity contribution is 0.0596. The van der Waals surface area contributed by atoms with Crippen molar-refractivity contribution < 1.29 is 18.0 Å². The third-order valence-electron chi connectivity index (χ3n) is 3.05. The Morgan fingerprint density at radius 2 is 1.43 bits per heavy atom. The maximum Gasteiger partial charge on any atom is 0.504 e. The number of thiocarbonyl (C=S) groups is 1. The topological polar surface area (TPSA) is 36.9 Å². The van der Waals surface area contributed by atoms with Crippen LogP contribution in [0.15, 0.2) is 0 Å². The second-order valence-electron chi connectivity index (χ2n) is 4.81. The van der Waals surface area contributed by atoms with Crippen LogP contribution in [0.25, 0.3) is 0 Å². The molecule has 1 atom stereocenters. The summed E-state index contributed by atoms with van der Waals surface area (Å²) in [7, 11) is -2.72. The van der Waals surface area contributed by atoms with E-state index in [9.17, 15) is 0 Å². The first kappa shape index (κ1) is 21.0. The minimum Gasteiger partial charge on any atom is -0.487 e. The van der Waals surface area contributed by atoms with Gasteiger partial charge in [-0.25, -0.2) is 0 Å². The van der Waals surface area contributed by atoms with Gasteiger partial charge in [-0.1, -0.05) is 20.3 Å². The molecular weight excluding hydrogens is 304 g/mol. The van der Waals surface area contributed by atoms with E-state index in [1.807, 2.05) is 20.8 Å². The van der Waals surface area contributed by atoms with Gasteiger partial charge >= 0.3 is 8.80 Å². The molecule has 0 saturated heterocycles. The van der Waals surface area contributed by atoms with E-state index in [1.165, 1.54) is 0 Å². The van der Waals surface area contributed by atoms with Crippen molar-refractivity contribution in [2.24, 2.45) is 0 Å². The van der Waals surface area contributed by atoms with Crippen LogP contribution in [-0.2, 0) is 18.0 Å². The Morgan fingerprint density at radius 1 is 0.905 bits per heavy atom. The third-order valence-corrected chi connectivity index (χ3v) is 6.90. The number of hydrogen-bond acceptors (Lipinski definition) is 5. The van der Waals surface area contributed by atoms with Crippen LogP contribution in [0.5, 0.6) is 0 Å². The molecule has 0 spiro atoms. The van der Waals surface area contributed by atoms with E-state index in [-0.39, 0.29) is 5.54 Å². The fourth-order valence-electron chi connectivity index (χ4n) is 2.31. The molecule has 126 valence electrons. The predicted molar refractivity (Wildman–Crippen MR) is 92.7 cm³/mol. The van der Waals surface area contributed by atoms with E-state index < -0.39 is 8.80 Å². The molecule has 0 fully saturated rings. The molecule has 0 rings (SSSR count). The Bertz CT molecular complexity index is 259. The summed E-state index contributed by atoms with van der Waals surface area (Å²) < 4.78 is 23.6. The molecule has 0 aromatic heterocycles. The molecule has 0 amide bonds. The highest BCUT2D eigenvalue weighted by Crippen LogP contribution is 2.34. The first-order valence-corrected chi connectivity index (χ1v) is 10.4. The molecule has 0 heterocycles. The Morgan fingerprint density at radius 3 is 1.81 bits per heavy atom. The Kier molecular flexibility index (Phi) is 12.5. The van der Waals surface area contributed by atoms with Crippen LogP contribution in [0.1, 0.15) is 60.3 Å². The molecule has 0 N–H and O–H groups in total. The van der Waals surface area contributed by atoms with Gasteiger partial charge in [0.15, 0.2) is 5.05 Å². The van der Waals surface area contributed by atoms with Crippen molar-refractivity contribution in [2.75, 3.05) is 26.4 Å². The highest BCUT2D eigenvalue weighted by Gasteiger charge is 2.49. The van der Waals surface area contributed by atoms with Crippen molar-refractivity contribution >= 4 is 26.1 Å². The summed E-state index contributed by atoms with van der Waals surface area (Å²) >= 11 is 5.36. The Labute approximate surface area is 136 Å². The standard InChI is InChI=1S/C15H32O4SSi/c1-6-11-14(13-15(20)16-12-7-2)21(17-8-3,18-9-4)19-10-5/h14H,6-13H2,1-5H3. The molecule has 1 unspecified atom stereocenters. The summed E-state index contributed by atoms with van der Waals surface area (Å²) in [5.41, 5.74) is 0.173. The van der Waals surface area contributed by atoms with Gasteiger partial charge in [-0.2, -0.15) is 0 Å². The summed E-state index contributed by atoms with van der Waals surface area (Å²) in [5.74, 6) is 0. The molecule has 0 bridgehead atoms. The summed E-state index contributed by atoms with van der Waals surface area (Å²) in [6, 6.07) is 0.